The number of amides is 3. The van der Waals surface area contributed by atoms with Gasteiger partial charge in [-0.15, -0.1) is 0 Å². The average Bonchev–Trinajstić information content (AvgIpc) is 3.07. The lowest BCUT2D eigenvalue weighted by Crippen LogP contribution is -2.42. The lowest BCUT2D eigenvalue weighted by Gasteiger charge is -2.26. The van der Waals surface area contributed by atoms with E-state index >= 15 is 0 Å². The van der Waals surface area contributed by atoms with Gasteiger partial charge in [-0.25, -0.2) is 4.79 Å². The Balaban J connectivity index is 1.43. The summed E-state index contributed by atoms with van der Waals surface area (Å²) in [6.07, 6.45) is 4.69. The lowest BCUT2D eigenvalue weighted by molar-refractivity contribution is -0.122. The molecule has 0 radical (unpaired) electrons. The summed E-state index contributed by atoms with van der Waals surface area (Å²) in [6, 6.07) is 8.60. The lowest BCUT2D eigenvalue weighted by atomic mass is 9.87. The van der Waals surface area contributed by atoms with Crippen molar-refractivity contribution in [3.63, 3.8) is 0 Å². The molecule has 1 heterocycles. The number of carbonyl (C=O) groups is 2. The Morgan fingerprint density at radius 1 is 1.20 bits per heavy atom. The van der Waals surface area contributed by atoms with E-state index in [-0.39, 0.29) is 24.0 Å². The van der Waals surface area contributed by atoms with Crippen molar-refractivity contribution in [3.05, 3.63) is 35.4 Å². The first-order chi connectivity index (χ1) is 12.2. The SMILES string of the molecule is CNC(=O)NC1CCN(CCC(=O)NC2CCCc3ccccc32)C1. The summed E-state index contributed by atoms with van der Waals surface area (Å²) in [7, 11) is 1.62. The maximum Gasteiger partial charge on any atom is 0.314 e. The zero-order chi connectivity index (χ0) is 17.6. The van der Waals surface area contributed by atoms with Crippen LogP contribution in [-0.4, -0.2) is 49.6 Å². The molecule has 0 saturated carbocycles. The van der Waals surface area contributed by atoms with Crippen LogP contribution in [-0.2, 0) is 11.2 Å². The molecule has 0 bridgehead atoms. The number of nitrogens with one attached hydrogen (secondary N) is 3. The van der Waals surface area contributed by atoms with Crippen molar-refractivity contribution < 1.29 is 9.59 Å². The normalized spacial score (nSPS) is 22.9. The molecule has 3 N–H and O–H groups in total. The van der Waals surface area contributed by atoms with Crippen molar-refractivity contribution in [2.75, 3.05) is 26.7 Å². The van der Waals surface area contributed by atoms with E-state index in [4.69, 9.17) is 0 Å². The van der Waals surface area contributed by atoms with E-state index in [1.54, 1.807) is 7.05 Å². The van der Waals surface area contributed by atoms with Gasteiger partial charge in [0.25, 0.3) is 0 Å². The van der Waals surface area contributed by atoms with Crippen LogP contribution in [0.4, 0.5) is 4.79 Å². The Labute approximate surface area is 149 Å². The van der Waals surface area contributed by atoms with E-state index in [1.807, 2.05) is 6.07 Å². The summed E-state index contributed by atoms with van der Waals surface area (Å²) in [5, 5.41) is 8.71. The van der Waals surface area contributed by atoms with Crippen LogP contribution in [0.5, 0.6) is 0 Å². The first-order valence-corrected chi connectivity index (χ1v) is 9.23. The van der Waals surface area contributed by atoms with Gasteiger partial charge in [0.05, 0.1) is 6.04 Å². The third-order valence-electron chi connectivity index (χ3n) is 5.19. The molecule has 1 aromatic carbocycles. The monoisotopic (exact) mass is 344 g/mol. The van der Waals surface area contributed by atoms with Crippen molar-refractivity contribution in [1.82, 2.24) is 20.9 Å². The van der Waals surface area contributed by atoms with Gasteiger partial charge in [-0.05, 0) is 36.8 Å². The molecule has 3 rings (SSSR count). The van der Waals surface area contributed by atoms with Gasteiger partial charge in [-0.3, -0.25) is 4.79 Å². The molecule has 136 valence electrons. The van der Waals surface area contributed by atoms with E-state index < -0.39 is 0 Å². The summed E-state index contributed by atoms with van der Waals surface area (Å²) >= 11 is 0. The Bertz CT molecular complexity index is 619. The van der Waals surface area contributed by atoms with Crippen LogP contribution in [0, 0.1) is 0 Å². The van der Waals surface area contributed by atoms with Crippen LogP contribution < -0.4 is 16.0 Å². The van der Waals surface area contributed by atoms with Gasteiger partial charge in [0.2, 0.25) is 5.91 Å². The second-order valence-electron chi connectivity index (χ2n) is 6.97. The largest absolute Gasteiger partial charge is 0.349 e. The number of rotatable bonds is 5. The number of urea groups is 1. The van der Waals surface area contributed by atoms with Crippen LogP contribution in [0.15, 0.2) is 24.3 Å². The summed E-state index contributed by atoms with van der Waals surface area (Å²) in [5.41, 5.74) is 2.64. The smallest absolute Gasteiger partial charge is 0.314 e. The molecule has 6 heteroatoms. The van der Waals surface area contributed by atoms with E-state index in [2.05, 4.69) is 39.0 Å². The van der Waals surface area contributed by atoms with E-state index in [9.17, 15) is 9.59 Å². The van der Waals surface area contributed by atoms with Crippen molar-refractivity contribution in [1.29, 1.82) is 0 Å². The molecule has 1 aliphatic carbocycles. The van der Waals surface area contributed by atoms with Crippen LogP contribution >= 0.6 is 0 Å². The summed E-state index contributed by atoms with van der Waals surface area (Å²) in [6.45, 7) is 2.48. The summed E-state index contributed by atoms with van der Waals surface area (Å²) in [4.78, 5) is 26.0. The third kappa shape index (κ3) is 4.72. The van der Waals surface area contributed by atoms with Crippen molar-refractivity contribution in [2.24, 2.45) is 0 Å². The Hall–Kier alpha value is -2.08. The molecule has 1 saturated heterocycles. The van der Waals surface area contributed by atoms with Crippen LogP contribution in [0.2, 0.25) is 0 Å². The molecule has 3 amide bonds. The van der Waals surface area contributed by atoms with Gasteiger partial charge in [0.15, 0.2) is 0 Å². The Morgan fingerprint density at radius 2 is 2.04 bits per heavy atom. The zero-order valence-electron chi connectivity index (χ0n) is 14.9. The molecule has 6 nitrogen and oxygen atoms in total. The van der Waals surface area contributed by atoms with Crippen LogP contribution in [0.1, 0.15) is 42.9 Å². The summed E-state index contributed by atoms with van der Waals surface area (Å²) < 4.78 is 0. The zero-order valence-corrected chi connectivity index (χ0v) is 14.9. The topological polar surface area (TPSA) is 73.5 Å². The Kier molecular flexibility index (Phi) is 5.91. The fourth-order valence-electron chi connectivity index (χ4n) is 3.84. The number of carbonyl (C=O) groups excluding carboxylic acids is 2. The van der Waals surface area contributed by atoms with Gasteiger partial charge >= 0.3 is 6.03 Å². The minimum Gasteiger partial charge on any atom is -0.349 e. The second kappa shape index (κ2) is 8.34. The van der Waals surface area contributed by atoms with E-state index in [1.165, 1.54) is 11.1 Å². The molecule has 2 aliphatic rings. The minimum absolute atomic E-state index is 0.115. The predicted molar refractivity (Wildman–Crippen MR) is 97.3 cm³/mol. The first-order valence-electron chi connectivity index (χ1n) is 9.23. The van der Waals surface area contributed by atoms with Gasteiger partial charge in [-0.2, -0.15) is 0 Å². The minimum atomic E-state index is -0.138. The van der Waals surface area contributed by atoms with Crippen LogP contribution in [0.25, 0.3) is 0 Å². The van der Waals surface area contributed by atoms with Gasteiger partial charge in [-0.1, -0.05) is 24.3 Å². The fourth-order valence-corrected chi connectivity index (χ4v) is 3.84. The number of aryl methyl sites for hydroxylation is 1. The number of nitrogens with zero attached hydrogens (tertiary/aromatic N) is 1. The standard InChI is InChI=1S/C19H28N4O2/c1-20-19(25)21-15-9-11-23(13-15)12-10-18(24)22-17-8-4-6-14-5-2-3-7-16(14)17/h2-3,5,7,15,17H,4,6,8-13H2,1H3,(H,22,24)(H2,20,21,25). The van der Waals surface area contributed by atoms with Crippen molar-refractivity contribution in [3.8, 4) is 0 Å². The summed E-state index contributed by atoms with van der Waals surface area (Å²) in [5.74, 6) is 0.115. The molecular formula is C19H28N4O2. The number of fused-ring (bicyclic) bond motifs is 1. The number of likely N-dealkylation sites (tertiary alicyclic amines) is 1. The number of benzene rings is 1. The van der Waals surface area contributed by atoms with Gasteiger partial charge in [0.1, 0.15) is 0 Å². The molecule has 1 aromatic rings. The van der Waals surface area contributed by atoms with Crippen molar-refractivity contribution >= 4 is 11.9 Å². The predicted octanol–water partition coefficient (Wildman–Crippen LogP) is 1.57. The first kappa shape index (κ1) is 17.7. The highest BCUT2D eigenvalue weighted by atomic mass is 16.2. The van der Waals surface area contributed by atoms with E-state index in [0.717, 1.165) is 45.3 Å². The highest BCUT2D eigenvalue weighted by Crippen LogP contribution is 2.29. The van der Waals surface area contributed by atoms with Crippen molar-refractivity contribution in [2.45, 2.75) is 44.2 Å². The van der Waals surface area contributed by atoms with Crippen LogP contribution in [0.3, 0.4) is 0 Å². The number of hydrogen-bond acceptors (Lipinski definition) is 3. The van der Waals surface area contributed by atoms with E-state index in [0.29, 0.717) is 6.42 Å². The molecule has 0 spiro atoms. The molecule has 2 unspecified atom stereocenters. The quantitative estimate of drug-likeness (QED) is 0.759. The molecule has 1 fully saturated rings. The highest BCUT2D eigenvalue weighted by molar-refractivity contribution is 5.76. The Morgan fingerprint density at radius 3 is 2.88 bits per heavy atom. The molecule has 1 aliphatic heterocycles. The maximum atomic E-state index is 12.4. The average molecular weight is 344 g/mol. The number of hydrogen-bond donors (Lipinski definition) is 3. The second-order valence-corrected chi connectivity index (χ2v) is 6.97. The molecule has 2 atom stereocenters. The highest BCUT2D eigenvalue weighted by Gasteiger charge is 2.25. The maximum absolute atomic E-state index is 12.4. The molecule has 0 aromatic heterocycles. The molecular weight excluding hydrogens is 316 g/mol. The third-order valence-corrected chi connectivity index (χ3v) is 5.19. The van der Waals surface area contributed by atoms with Gasteiger partial charge in [0, 0.05) is 39.1 Å². The van der Waals surface area contributed by atoms with Gasteiger partial charge < -0.3 is 20.9 Å². The fraction of sp³-hybridized carbons (Fsp3) is 0.579. The molecule has 25 heavy (non-hydrogen) atoms.